The molecule has 0 saturated heterocycles. The van der Waals surface area contributed by atoms with Gasteiger partial charge < -0.3 is 4.98 Å². The number of halogens is 3. The Balaban J connectivity index is 2.70. The predicted octanol–water partition coefficient (Wildman–Crippen LogP) is 2.75. The lowest BCUT2D eigenvalue weighted by atomic mass is 9.97. The summed E-state index contributed by atoms with van der Waals surface area (Å²) in [5.41, 5.74) is -2.61. The van der Waals surface area contributed by atoms with Gasteiger partial charge in [0.05, 0.1) is 16.5 Å². The molecule has 0 radical (unpaired) electrons. The molecule has 0 amide bonds. The lowest BCUT2D eigenvalue weighted by molar-refractivity contribution is -0.137. The van der Waals surface area contributed by atoms with Crippen molar-refractivity contribution in [2.24, 2.45) is 5.41 Å². The monoisotopic (exact) mass is 300 g/mol. The number of benzene rings is 1. The van der Waals surface area contributed by atoms with Gasteiger partial charge in [0.25, 0.3) is 5.56 Å². The fraction of sp³-hybridized carbons (Fsp3) is 0.429. The number of nitrogens with one attached hydrogen (secondary N) is 1. The average molecular weight is 300 g/mol. The first-order valence-corrected chi connectivity index (χ1v) is 6.33. The van der Waals surface area contributed by atoms with Gasteiger partial charge in [-0.2, -0.15) is 13.2 Å². The van der Waals surface area contributed by atoms with Gasteiger partial charge in [0.1, 0.15) is 0 Å². The first kappa shape index (κ1) is 15.3. The van der Waals surface area contributed by atoms with Crippen LogP contribution in [0.15, 0.2) is 27.8 Å². The van der Waals surface area contributed by atoms with Gasteiger partial charge in [-0.05, 0) is 23.6 Å². The molecular weight excluding hydrogens is 285 g/mol. The third-order valence-electron chi connectivity index (χ3n) is 2.94. The molecule has 1 aromatic carbocycles. The number of hydrogen-bond donors (Lipinski definition) is 1. The Labute approximate surface area is 118 Å². The zero-order valence-electron chi connectivity index (χ0n) is 11.8. The molecule has 0 fully saturated rings. The summed E-state index contributed by atoms with van der Waals surface area (Å²) in [6.07, 6.45) is -4.52. The lowest BCUT2D eigenvalue weighted by Gasteiger charge is -2.19. The van der Waals surface area contributed by atoms with Crippen LogP contribution in [0.2, 0.25) is 0 Å². The van der Waals surface area contributed by atoms with Gasteiger partial charge in [0, 0.05) is 6.54 Å². The van der Waals surface area contributed by atoms with Gasteiger partial charge in [-0.1, -0.05) is 20.8 Å². The summed E-state index contributed by atoms with van der Waals surface area (Å²) in [4.78, 5) is 26.5. The first-order valence-electron chi connectivity index (χ1n) is 6.33. The van der Waals surface area contributed by atoms with E-state index >= 15 is 0 Å². The van der Waals surface area contributed by atoms with Crippen molar-refractivity contribution < 1.29 is 13.2 Å². The highest BCUT2D eigenvalue weighted by molar-refractivity contribution is 5.78. The average Bonchev–Trinajstić information content (AvgIpc) is 2.31. The standard InChI is InChI=1S/C14H15F3N2O2/c1-13(2,3)7-19-11(20)9-5-4-8(14(15,16)17)6-10(9)18-12(19)21/h4-6H,7H2,1-3H3,(H,18,21). The van der Waals surface area contributed by atoms with Gasteiger partial charge in [-0.15, -0.1) is 0 Å². The van der Waals surface area contributed by atoms with E-state index in [0.29, 0.717) is 0 Å². The van der Waals surface area contributed by atoms with E-state index in [0.717, 1.165) is 22.8 Å². The van der Waals surface area contributed by atoms with E-state index in [-0.39, 0.29) is 22.9 Å². The van der Waals surface area contributed by atoms with Crippen LogP contribution in [0.3, 0.4) is 0 Å². The van der Waals surface area contributed by atoms with Gasteiger partial charge in [-0.3, -0.25) is 9.36 Å². The molecule has 0 aliphatic heterocycles. The van der Waals surface area contributed by atoms with Crippen LogP contribution in [0.5, 0.6) is 0 Å². The summed E-state index contributed by atoms with van der Waals surface area (Å²) in [6.45, 7) is 5.75. The van der Waals surface area contributed by atoms with E-state index in [1.54, 1.807) is 0 Å². The molecule has 0 spiro atoms. The number of aromatic amines is 1. The van der Waals surface area contributed by atoms with Crippen LogP contribution in [0.25, 0.3) is 10.9 Å². The highest BCUT2D eigenvalue weighted by atomic mass is 19.4. The molecule has 0 aliphatic carbocycles. The summed E-state index contributed by atoms with van der Waals surface area (Å²) in [6, 6.07) is 2.71. The van der Waals surface area contributed by atoms with Crippen molar-refractivity contribution >= 4 is 10.9 Å². The SMILES string of the molecule is CC(C)(C)Cn1c(=O)[nH]c2cc(C(F)(F)F)ccc2c1=O. The normalized spacial score (nSPS) is 12.9. The smallest absolute Gasteiger partial charge is 0.307 e. The zero-order valence-corrected chi connectivity index (χ0v) is 11.8. The molecule has 1 N–H and O–H groups in total. The van der Waals surface area contributed by atoms with Gasteiger partial charge in [-0.25, -0.2) is 4.79 Å². The van der Waals surface area contributed by atoms with Crippen LogP contribution in [0.4, 0.5) is 13.2 Å². The minimum Gasteiger partial charge on any atom is -0.307 e. The Morgan fingerprint density at radius 1 is 1.14 bits per heavy atom. The van der Waals surface area contributed by atoms with E-state index in [9.17, 15) is 22.8 Å². The van der Waals surface area contributed by atoms with E-state index < -0.39 is 23.0 Å². The maximum absolute atomic E-state index is 12.6. The molecule has 0 aliphatic rings. The van der Waals surface area contributed by atoms with Gasteiger partial charge >= 0.3 is 11.9 Å². The summed E-state index contributed by atoms with van der Waals surface area (Å²) < 4.78 is 38.9. The minimum atomic E-state index is -4.52. The fourth-order valence-electron chi connectivity index (χ4n) is 2.05. The van der Waals surface area contributed by atoms with Crippen LogP contribution in [-0.2, 0) is 12.7 Å². The summed E-state index contributed by atoms with van der Waals surface area (Å²) in [5.74, 6) is 0. The number of hydrogen-bond acceptors (Lipinski definition) is 2. The molecule has 1 heterocycles. The highest BCUT2D eigenvalue weighted by Crippen LogP contribution is 2.30. The van der Waals surface area contributed by atoms with Crippen molar-refractivity contribution in [2.75, 3.05) is 0 Å². The molecule has 0 bridgehead atoms. The van der Waals surface area contributed by atoms with Crippen molar-refractivity contribution in [3.05, 3.63) is 44.6 Å². The molecule has 21 heavy (non-hydrogen) atoms. The number of nitrogens with zero attached hydrogens (tertiary/aromatic N) is 1. The molecule has 2 rings (SSSR count). The Morgan fingerprint density at radius 3 is 2.29 bits per heavy atom. The zero-order chi connectivity index (χ0) is 16.0. The third kappa shape index (κ3) is 3.17. The lowest BCUT2D eigenvalue weighted by Crippen LogP contribution is -2.38. The summed E-state index contributed by atoms with van der Waals surface area (Å²) in [7, 11) is 0. The van der Waals surface area contributed by atoms with Crippen LogP contribution in [0, 0.1) is 5.41 Å². The number of alkyl halides is 3. The quantitative estimate of drug-likeness (QED) is 0.880. The fourth-order valence-corrected chi connectivity index (χ4v) is 2.05. The van der Waals surface area contributed by atoms with Gasteiger partial charge in [0.2, 0.25) is 0 Å². The first-order chi connectivity index (χ1) is 9.49. The Morgan fingerprint density at radius 2 is 1.76 bits per heavy atom. The van der Waals surface area contributed by atoms with Crippen LogP contribution >= 0.6 is 0 Å². The molecule has 2 aromatic rings. The summed E-state index contributed by atoms with van der Waals surface area (Å²) in [5, 5.41) is 0.0619. The van der Waals surface area contributed by atoms with Crippen molar-refractivity contribution in [2.45, 2.75) is 33.5 Å². The maximum Gasteiger partial charge on any atom is 0.416 e. The molecule has 0 unspecified atom stereocenters. The Hall–Kier alpha value is -2.05. The molecule has 114 valence electrons. The number of fused-ring (bicyclic) bond motifs is 1. The number of rotatable bonds is 1. The molecule has 4 nitrogen and oxygen atoms in total. The van der Waals surface area contributed by atoms with Crippen molar-refractivity contribution in [1.29, 1.82) is 0 Å². The van der Waals surface area contributed by atoms with Crippen molar-refractivity contribution in [3.63, 3.8) is 0 Å². The molecular formula is C14H15F3N2O2. The third-order valence-corrected chi connectivity index (χ3v) is 2.94. The molecule has 0 saturated carbocycles. The molecule has 7 heteroatoms. The van der Waals surface area contributed by atoms with Crippen LogP contribution in [0.1, 0.15) is 26.3 Å². The van der Waals surface area contributed by atoms with Crippen molar-refractivity contribution in [3.8, 4) is 0 Å². The topological polar surface area (TPSA) is 54.9 Å². The van der Waals surface area contributed by atoms with E-state index in [1.807, 2.05) is 20.8 Å². The number of aromatic nitrogens is 2. The second-order valence-electron chi connectivity index (χ2n) is 6.14. The van der Waals surface area contributed by atoms with E-state index in [2.05, 4.69) is 4.98 Å². The van der Waals surface area contributed by atoms with E-state index in [4.69, 9.17) is 0 Å². The second-order valence-corrected chi connectivity index (χ2v) is 6.14. The van der Waals surface area contributed by atoms with Crippen LogP contribution < -0.4 is 11.2 Å². The Kier molecular flexibility index (Phi) is 3.47. The second kappa shape index (κ2) is 4.75. The number of H-pyrrole nitrogens is 1. The predicted molar refractivity (Wildman–Crippen MR) is 73.3 cm³/mol. The largest absolute Gasteiger partial charge is 0.416 e. The van der Waals surface area contributed by atoms with Crippen molar-refractivity contribution in [1.82, 2.24) is 9.55 Å². The molecule has 1 aromatic heterocycles. The Bertz CT molecular complexity index is 795. The minimum absolute atomic E-state index is 0.0619. The molecule has 0 atom stereocenters. The maximum atomic E-state index is 12.6. The highest BCUT2D eigenvalue weighted by Gasteiger charge is 2.30. The summed E-state index contributed by atoms with van der Waals surface area (Å²) >= 11 is 0. The van der Waals surface area contributed by atoms with Gasteiger partial charge in [0.15, 0.2) is 0 Å². The van der Waals surface area contributed by atoms with E-state index in [1.165, 1.54) is 0 Å². The van der Waals surface area contributed by atoms with Crippen LogP contribution in [-0.4, -0.2) is 9.55 Å².